The van der Waals surface area contributed by atoms with E-state index in [1.54, 1.807) is 11.6 Å². The Hall–Kier alpha value is -2.46. The van der Waals surface area contributed by atoms with Gasteiger partial charge in [-0.2, -0.15) is 0 Å². The molecule has 3 rings (SSSR count). The summed E-state index contributed by atoms with van der Waals surface area (Å²) in [5.41, 5.74) is 1.98. The van der Waals surface area contributed by atoms with Gasteiger partial charge in [0.15, 0.2) is 0 Å². The van der Waals surface area contributed by atoms with Gasteiger partial charge in [-0.25, -0.2) is 4.98 Å². The molecule has 118 valence electrons. The summed E-state index contributed by atoms with van der Waals surface area (Å²) in [7, 11) is 1.80. The second kappa shape index (κ2) is 6.75. The summed E-state index contributed by atoms with van der Waals surface area (Å²) in [6.07, 6.45) is 0.867. The quantitative estimate of drug-likeness (QED) is 0.787. The van der Waals surface area contributed by atoms with E-state index < -0.39 is 0 Å². The molecule has 0 saturated carbocycles. The molecule has 0 amide bonds. The minimum absolute atomic E-state index is 0.00515. The van der Waals surface area contributed by atoms with E-state index in [1.807, 2.05) is 42.5 Å². The first-order chi connectivity index (χ1) is 11.2. The van der Waals surface area contributed by atoms with E-state index in [2.05, 4.69) is 24.4 Å². The van der Waals surface area contributed by atoms with Crippen molar-refractivity contribution in [3.8, 4) is 0 Å². The van der Waals surface area contributed by atoms with Gasteiger partial charge in [0.1, 0.15) is 5.82 Å². The van der Waals surface area contributed by atoms with Crippen LogP contribution in [0.3, 0.4) is 0 Å². The highest BCUT2D eigenvalue weighted by Crippen LogP contribution is 2.16. The summed E-state index contributed by atoms with van der Waals surface area (Å²) < 4.78 is 1.66. The molecule has 1 aromatic heterocycles. The molecule has 0 bridgehead atoms. The number of fused-ring (bicyclic) bond motifs is 1. The van der Waals surface area contributed by atoms with Crippen molar-refractivity contribution < 1.29 is 0 Å². The van der Waals surface area contributed by atoms with Crippen LogP contribution >= 0.6 is 0 Å². The summed E-state index contributed by atoms with van der Waals surface area (Å²) in [6, 6.07) is 17.8. The predicted molar refractivity (Wildman–Crippen MR) is 93.3 cm³/mol. The highest BCUT2D eigenvalue weighted by atomic mass is 16.1. The number of para-hydroxylation sites is 1. The van der Waals surface area contributed by atoms with Crippen molar-refractivity contribution in [3.05, 3.63) is 76.3 Å². The molecule has 1 atom stereocenters. The standard InChI is InChI=1S/C19H21N3O/c1-3-16(20-13-14-9-5-4-6-10-14)18-21-17-12-8-7-11-15(17)19(23)22(18)2/h4-12,16,20H,3,13H2,1-2H3/t16-/m1/s1. The lowest BCUT2D eigenvalue weighted by molar-refractivity contribution is 0.473. The van der Waals surface area contributed by atoms with Crippen molar-refractivity contribution in [1.29, 1.82) is 0 Å². The van der Waals surface area contributed by atoms with Gasteiger partial charge in [-0.05, 0) is 24.1 Å². The van der Waals surface area contributed by atoms with Crippen LogP contribution in [0.5, 0.6) is 0 Å². The fourth-order valence-electron chi connectivity index (χ4n) is 2.80. The molecule has 23 heavy (non-hydrogen) atoms. The minimum Gasteiger partial charge on any atom is -0.303 e. The van der Waals surface area contributed by atoms with Crippen molar-refractivity contribution in [2.24, 2.45) is 7.05 Å². The van der Waals surface area contributed by atoms with Gasteiger partial charge in [0.05, 0.1) is 16.9 Å². The number of hydrogen-bond donors (Lipinski definition) is 1. The third-order valence-electron chi connectivity index (χ3n) is 4.13. The fourth-order valence-corrected chi connectivity index (χ4v) is 2.80. The second-order valence-corrected chi connectivity index (χ2v) is 5.68. The summed E-state index contributed by atoms with van der Waals surface area (Å²) >= 11 is 0. The molecule has 0 unspecified atom stereocenters. The van der Waals surface area contributed by atoms with Gasteiger partial charge < -0.3 is 5.32 Å². The van der Waals surface area contributed by atoms with Crippen LogP contribution in [-0.2, 0) is 13.6 Å². The van der Waals surface area contributed by atoms with Crippen LogP contribution in [0, 0.1) is 0 Å². The Labute approximate surface area is 135 Å². The Morgan fingerprint density at radius 1 is 1.09 bits per heavy atom. The molecule has 0 fully saturated rings. The maximum atomic E-state index is 12.5. The monoisotopic (exact) mass is 307 g/mol. The van der Waals surface area contributed by atoms with Gasteiger partial charge in [-0.1, -0.05) is 49.4 Å². The Morgan fingerprint density at radius 2 is 1.78 bits per heavy atom. The van der Waals surface area contributed by atoms with E-state index in [0.29, 0.717) is 5.39 Å². The average molecular weight is 307 g/mol. The van der Waals surface area contributed by atoms with Gasteiger partial charge in [-0.15, -0.1) is 0 Å². The maximum absolute atomic E-state index is 12.5. The minimum atomic E-state index is 0.00515. The van der Waals surface area contributed by atoms with E-state index in [1.165, 1.54) is 5.56 Å². The molecular formula is C19H21N3O. The van der Waals surface area contributed by atoms with Crippen LogP contribution in [0.2, 0.25) is 0 Å². The number of hydrogen-bond acceptors (Lipinski definition) is 3. The maximum Gasteiger partial charge on any atom is 0.261 e. The van der Waals surface area contributed by atoms with Crippen LogP contribution in [-0.4, -0.2) is 9.55 Å². The molecule has 4 heteroatoms. The van der Waals surface area contributed by atoms with E-state index in [0.717, 1.165) is 24.3 Å². The van der Waals surface area contributed by atoms with E-state index in [-0.39, 0.29) is 11.6 Å². The Kier molecular flexibility index (Phi) is 4.53. The van der Waals surface area contributed by atoms with Gasteiger partial charge in [-0.3, -0.25) is 9.36 Å². The van der Waals surface area contributed by atoms with Gasteiger partial charge >= 0.3 is 0 Å². The average Bonchev–Trinajstić information content (AvgIpc) is 2.60. The molecule has 0 aliphatic carbocycles. The molecule has 1 N–H and O–H groups in total. The fraction of sp³-hybridized carbons (Fsp3) is 0.263. The zero-order valence-electron chi connectivity index (χ0n) is 13.5. The summed E-state index contributed by atoms with van der Waals surface area (Å²) in [5.74, 6) is 0.784. The molecule has 0 aliphatic rings. The molecule has 0 aliphatic heterocycles. The van der Waals surface area contributed by atoms with Crippen LogP contribution < -0.4 is 10.9 Å². The van der Waals surface area contributed by atoms with Crippen LogP contribution in [0.4, 0.5) is 0 Å². The van der Waals surface area contributed by atoms with Crippen molar-refractivity contribution in [2.45, 2.75) is 25.9 Å². The van der Waals surface area contributed by atoms with Crippen LogP contribution in [0.1, 0.15) is 30.8 Å². The van der Waals surface area contributed by atoms with E-state index in [9.17, 15) is 4.79 Å². The molecule has 2 aromatic carbocycles. The topological polar surface area (TPSA) is 46.9 Å². The number of rotatable bonds is 5. The molecule has 0 radical (unpaired) electrons. The lowest BCUT2D eigenvalue weighted by Gasteiger charge is -2.19. The van der Waals surface area contributed by atoms with Crippen molar-refractivity contribution in [1.82, 2.24) is 14.9 Å². The number of aromatic nitrogens is 2. The lowest BCUT2D eigenvalue weighted by Crippen LogP contribution is -2.30. The SMILES string of the molecule is CC[C@@H](NCc1ccccc1)c1nc2ccccc2c(=O)n1C. The Bertz CT molecular complexity index is 855. The highest BCUT2D eigenvalue weighted by Gasteiger charge is 2.16. The van der Waals surface area contributed by atoms with Crippen molar-refractivity contribution >= 4 is 10.9 Å². The first kappa shape index (κ1) is 15.4. The third-order valence-corrected chi connectivity index (χ3v) is 4.13. The highest BCUT2D eigenvalue weighted by molar-refractivity contribution is 5.77. The van der Waals surface area contributed by atoms with Gasteiger partial charge in [0.2, 0.25) is 0 Å². The number of benzene rings is 2. The molecule has 0 spiro atoms. The summed E-state index contributed by atoms with van der Waals surface area (Å²) in [6.45, 7) is 2.85. The molecule has 3 aromatic rings. The predicted octanol–water partition coefficient (Wildman–Crippen LogP) is 3.17. The number of nitrogens with one attached hydrogen (secondary N) is 1. The van der Waals surface area contributed by atoms with Gasteiger partial charge in [0, 0.05) is 13.6 Å². The zero-order valence-corrected chi connectivity index (χ0v) is 13.5. The smallest absolute Gasteiger partial charge is 0.261 e. The van der Waals surface area contributed by atoms with Crippen molar-refractivity contribution in [3.63, 3.8) is 0 Å². The first-order valence-electron chi connectivity index (χ1n) is 7.93. The molecule has 1 heterocycles. The Balaban J connectivity index is 1.93. The summed E-state index contributed by atoms with van der Waals surface area (Å²) in [5, 5.41) is 4.18. The second-order valence-electron chi connectivity index (χ2n) is 5.68. The molecule has 4 nitrogen and oxygen atoms in total. The molecular weight excluding hydrogens is 286 g/mol. The number of nitrogens with zero attached hydrogens (tertiary/aromatic N) is 2. The zero-order chi connectivity index (χ0) is 16.2. The van der Waals surface area contributed by atoms with Crippen LogP contribution in [0.15, 0.2) is 59.4 Å². The third kappa shape index (κ3) is 3.17. The lowest BCUT2D eigenvalue weighted by atomic mass is 10.1. The normalized spacial score (nSPS) is 12.4. The molecule has 0 saturated heterocycles. The van der Waals surface area contributed by atoms with Crippen molar-refractivity contribution in [2.75, 3.05) is 0 Å². The van der Waals surface area contributed by atoms with Gasteiger partial charge in [0.25, 0.3) is 5.56 Å². The van der Waals surface area contributed by atoms with E-state index >= 15 is 0 Å². The largest absolute Gasteiger partial charge is 0.303 e. The first-order valence-corrected chi connectivity index (χ1v) is 7.93. The van der Waals surface area contributed by atoms with Crippen LogP contribution in [0.25, 0.3) is 10.9 Å². The Morgan fingerprint density at radius 3 is 2.52 bits per heavy atom. The summed E-state index contributed by atoms with van der Waals surface area (Å²) in [4.78, 5) is 17.3. The van der Waals surface area contributed by atoms with E-state index in [4.69, 9.17) is 4.98 Å².